The van der Waals surface area contributed by atoms with Crippen molar-refractivity contribution in [2.75, 3.05) is 20.1 Å². The lowest BCUT2D eigenvalue weighted by molar-refractivity contribution is -0.134. The van der Waals surface area contributed by atoms with Crippen LogP contribution in [0.4, 0.5) is 0 Å². The summed E-state index contributed by atoms with van der Waals surface area (Å²) in [4.78, 5) is 33.0. The first-order valence-corrected chi connectivity index (χ1v) is 8.50. The molecule has 0 aliphatic carbocycles. The normalized spacial score (nSPS) is 23.8. The predicted molar refractivity (Wildman–Crippen MR) is 90.3 cm³/mol. The standard InChI is InChI=1S/C18H22N4O2/c1-12-19-14-5-3-4-6-16(14)22(12)11-18(24)21-8-7-15-13(10-21)9-17(23)20(15)2/h3-6,13,15H,7-11H2,1-2H3/t13-,15+/m1/s1. The van der Waals surface area contributed by atoms with Crippen molar-refractivity contribution in [3.8, 4) is 0 Å². The first-order valence-electron chi connectivity index (χ1n) is 8.50. The smallest absolute Gasteiger partial charge is 0.242 e. The number of carbonyl (C=O) groups is 2. The van der Waals surface area contributed by atoms with Crippen LogP contribution in [0.5, 0.6) is 0 Å². The highest BCUT2D eigenvalue weighted by Crippen LogP contribution is 2.31. The minimum absolute atomic E-state index is 0.113. The van der Waals surface area contributed by atoms with E-state index in [-0.39, 0.29) is 17.7 Å². The number of imidazole rings is 1. The molecular weight excluding hydrogens is 304 g/mol. The van der Waals surface area contributed by atoms with Gasteiger partial charge < -0.3 is 14.4 Å². The molecule has 2 saturated heterocycles. The number of likely N-dealkylation sites (tertiary alicyclic amines) is 2. The van der Waals surface area contributed by atoms with E-state index in [9.17, 15) is 9.59 Å². The summed E-state index contributed by atoms with van der Waals surface area (Å²) in [6, 6.07) is 8.20. The van der Waals surface area contributed by atoms with E-state index < -0.39 is 0 Å². The molecule has 2 aliphatic heterocycles. The van der Waals surface area contributed by atoms with Crippen molar-refractivity contribution < 1.29 is 9.59 Å². The molecule has 2 atom stereocenters. The number of para-hydroxylation sites is 2. The number of fused-ring (bicyclic) bond motifs is 2. The SMILES string of the molecule is Cc1nc2ccccc2n1CC(=O)N1CC[C@H]2[C@H](CC(=O)N2C)C1. The Morgan fingerprint density at radius 3 is 2.96 bits per heavy atom. The van der Waals surface area contributed by atoms with Gasteiger partial charge in [0.15, 0.2) is 0 Å². The molecule has 0 unspecified atom stereocenters. The highest BCUT2D eigenvalue weighted by Gasteiger charge is 2.41. The molecule has 2 amide bonds. The third-order valence-corrected chi connectivity index (χ3v) is 5.51. The molecular formula is C18H22N4O2. The summed E-state index contributed by atoms with van der Waals surface area (Å²) in [7, 11) is 1.88. The first kappa shape index (κ1) is 15.2. The van der Waals surface area contributed by atoms with Crippen molar-refractivity contribution in [2.24, 2.45) is 5.92 Å². The minimum atomic E-state index is 0.113. The van der Waals surface area contributed by atoms with Crippen LogP contribution in [0.3, 0.4) is 0 Å². The van der Waals surface area contributed by atoms with Crippen LogP contribution in [-0.4, -0.2) is 57.3 Å². The lowest BCUT2D eigenvalue weighted by atomic mass is 9.93. The molecule has 4 rings (SSSR count). The monoisotopic (exact) mass is 326 g/mol. The van der Waals surface area contributed by atoms with Gasteiger partial charge in [0.05, 0.1) is 11.0 Å². The third-order valence-electron chi connectivity index (χ3n) is 5.51. The molecule has 0 spiro atoms. The quantitative estimate of drug-likeness (QED) is 0.839. The minimum Gasteiger partial charge on any atom is -0.342 e. The maximum absolute atomic E-state index is 12.8. The third kappa shape index (κ3) is 2.37. The number of benzene rings is 1. The summed E-state index contributed by atoms with van der Waals surface area (Å²) < 4.78 is 1.98. The number of hydrogen-bond acceptors (Lipinski definition) is 3. The van der Waals surface area contributed by atoms with Crippen LogP contribution < -0.4 is 0 Å². The molecule has 6 heteroatoms. The molecule has 0 radical (unpaired) electrons. The van der Waals surface area contributed by atoms with Crippen LogP contribution in [0.2, 0.25) is 0 Å². The van der Waals surface area contributed by atoms with Crippen molar-refractivity contribution in [1.29, 1.82) is 0 Å². The number of aromatic nitrogens is 2. The van der Waals surface area contributed by atoms with E-state index in [0.717, 1.165) is 29.8 Å². The Morgan fingerprint density at radius 2 is 2.12 bits per heavy atom. The molecule has 24 heavy (non-hydrogen) atoms. The molecule has 2 aromatic rings. The molecule has 3 heterocycles. The Bertz CT molecular complexity index is 812. The largest absolute Gasteiger partial charge is 0.342 e. The Kier molecular flexibility index (Phi) is 3.55. The topological polar surface area (TPSA) is 58.4 Å². The van der Waals surface area contributed by atoms with Crippen molar-refractivity contribution >= 4 is 22.8 Å². The van der Waals surface area contributed by atoms with E-state index >= 15 is 0 Å². The van der Waals surface area contributed by atoms with Gasteiger partial charge in [-0.1, -0.05) is 12.1 Å². The molecule has 1 aromatic heterocycles. The highest BCUT2D eigenvalue weighted by molar-refractivity contribution is 5.82. The fourth-order valence-electron chi connectivity index (χ4n) is 4.14. The van der Waals surface area contributed by atoms with Gasteiger partial charge in [-0.15, -0.1) is 0 Å². The predicted octanol–water partition coefficient (Wildman–Crippen LogP) is 1.42. The van der Waals surface area contributed by atoms with E-state index in [2.05, 4.69) is 4.98 Å². The maximum Gasteiger partial charge on any atom is 0.242 e. The van der Waals surface area contributed by atoms with E-state index in [1.54, 1.807) is 0 Å². The van der Waals surface area contributed by atoms with Gasteiger partial charge in [0, 0.05) is 38.5 Å². The number of hydrogen-bond donors (Lipinski definition) is 0. The first-order chi connectivity index (χ1) is 11.5. The van der Waals surface area contributed by atoms with E-state index in [4.69, 9.17) is 0 Å². The van der Waals surface area contributed by atoms with Crippen LogP contribution in [0.15, 0.2) is 24.3 Å². The molecule has 0 bridgehead atoms. The Morgan fingerprint density at radius 1 is 1.33 bits per heavy atom. The van der Waals surface area contributed by atoms with Gasteiger partial charge in [-0.2, -0.15) is 0 Å². The number of rotatable bonds is 2. The molecule has 1 aromatic carbocycles. The van der Waals surface area contributed by atoms with Crippen LogP contribution in [0, 0.1) is 12.8 Å². The average molecular weight is 326 g/mol. The summed E-state index contributed by atoms with van der Waals surface area (Å²) in [5.74, 6) is 1.45. The molecule has 0 saturated carbocycles. The number of carbonyl (C=O) groups excluding carboxylic acids is 2. The van der Waals surface area contributed by atoms with Gasteiger partial charge in [0.25, 0.3) is 0 Å². The van der Waals surface area contributed by atoms with E-state index in [1.807, 2.05) is 52.6 Å². The second kappa shape index (κ2) is 5.61. The average Bonchev–Trinajstić information content (AvgIpc) is 3.04. The number of aryl methyl sites for hydroxylation is 1. The Labute approximate surface area is 141 Å². The summed E-state index contributed by atoms with van der Waals surface area (Å²) in [5, 5.41) is 0. The van der Waals surface area contributed by atoms with Crippen molar-refractivity contribution in [1.82, 2.24) is 19.4 Å². The molecule has 0 N–H and O–H groups in total. The molecule has 6 nitrogen and oxygen atoms in total. The zero-order valence-corrected chi connectivity index (χ0v) is 14.1. The maximum atomic E-state index is 12.8. The molecule has 126 valence electrons. The van der Waals surface area contributed by atoms with Gasteiger partial charge in [-0.05, 0) is 25.5 Å². The lowest BCUT2D eigenvalue weighted by Gasteiger charge is -2.36. The Balaban J connectivity index is 1.51. The van der Waals surface area contributed by atoms with Crippen molar-refractivity contribution in [3.63, 3.8) is 0 Å². The Hall–Kier alpha value is -2.37. The van der Waals surface area contributed by atoms with Crippen molar-refractivity contribution in [3.05, 3.63) is 30.1 Å². The summed E-state index contributed by atoms with van der Waals surface area (Å²) in [5.41, 5.74) is 1.92. The number of amides is 2. The molecule has 2 fully saturated rings. The second-order valence-corrected chi connectivity index (χ2v) is 6.90. The van der Waals surface area contributed by atoms with Gasteiger partial charge in [-0.25, -0.2) is 4.98 Å². The van der Waals surface area contributed by atoms with E-state index in [1.165, 1.54) is 0 Å². The van der Waals surface area contributed by atoms with Gasteiger partial charge in [-0.3, -0.25) is 9.59 Å². The summed E-state index contributed by atoms with van der Waals surface area (Å²) >= 11 is 0. The zero-order valence-electron chi connectivity index (χ0n) is 14.1. The summed E-state index contributed by atoms with van der Waals surface area (Å²) in [6.45, 7) is 3.66. The number of nitrogens with zero attached hydrogens (tertiary/aromatic N) is 4. The fourth-order valence-corrected chi connectivity index (χ4v) is 4.14. The summed E-state index contributed by atoms with van der Waals surface area (Å²) in [6.07, 6.45) is 1.44. The van der Waals surface area contributed by atoms with Crippen LogP contribution in [0.25, 0.3) is 11.0 Å². The lowest BCUT2D eigenvalue weighted by Crippen LogP contribution is -2.48. The van der Waals surface area contributed by atoms with Crippen LogP contribution in [0.1, 0.15) is 18.7 Å². The van der Waals surface area contributed by atoms with Crippen LogP contribution >= 0.6 is 0 Å². The van der Waals surface area contributed by atoms with Gasteiger partial charge in [0.1, 0.15) is 12.4 Å². The zero-order chi connectivity index (χ0) is 16.8. The second-order valence-electron chi connectivity index (χ2n) is 6.90. The number of piperidine rings is 1. The van der Waals surface area contributed by atoms with Gasteiger partial charge >= 0.3 is 0 Å². The highest BCUT2D eigenvalue weighted by atomic mass is 16.2. The van der Waals surface area contributed by atoms with Crippen LogP contribution in [-0.2, 0) is 16.1 Å². The molecule has 2 aliphatic rings. The van der Waals surface area contributed by atoms with E-state index in [0.29, 0.717) is 25.6 Å². The fraction of sp³-hybridized carbons (Fsp3) is 0.500. The van der Waals surface area contributed by atoms with Crippen molar-refractivity contribution in [2.45, 2.75) is 32.4 Å². The van der Waals surface area contributed by atoms with Gasteiger partial charge in [0.2, 0.25) is 11.8 Å².